The van der Waals surface area contributed by atoms with Gasteiger partial charge in [-0.2, -0.15) is 0 Å². The van der Waals surface area contributed by atoms with E-state index in [-0.39, 0.29) is 17.5 Å². The first-order chi connectivity index (χ1) is 22.1. The smallest absolute Gasteiger partial charge is 0.343 e. The number of benzene rings is 2. The molecule has 46 heavy (non-hydrogen) atoms. The molecule has 2 aromatic rings. The van der Waals surface area contributed by atoms with E-state index in [1.54, 1.807) is 55.5 Å². The number of carbonyl (C=O) groups excluding carboxylic acids is 4. The van der Waals surface area contributed by atoms with Gasteiger partial charge >= 0.3 is 23.9 Å². The summed E-state index contributed by atoms with van der Waals surface area (Å²) in [5, 5.41) is 0. The molecule has 0 N–H and O–H groups in total. The number of rotatable bonds is 21. The Bertz CT molecular complexity index is 1370. The van der Waals surface area contributed by atoms with Gasteiger partial charge in [-0.1, -0.05) is 19.7 Å². The maximum absolute atomic E-state index is 12.6. The molecule has 0 atom stereocenters. The van der Waals surface area contributed by atoms with E-state index in [0.717, 1.165) is 44.6 Å². The maximum Gasteiger partial charge on any atom is 0.343 e. The number of hydrogen-bond acceptors (Lipinski definition) is 10. The average molecular weight is 635 g/mol. The Morgan fingerprint density at radius 1 is 0.630 bits per heavy atom. The Labute approximate surface area is 270 Å². The topological polar surface area (TPSA) is 124 Å². The summed E-state index contributed by atoms with van der Waals surface area (Å²) in [6, 6.07) is 13.0. The van der Waals surface area contributed by atoms with Gasteiger partial charge in [0.25, 0.3) is 0 Å². The van der Waals surface area contributed by atoms with Gasteiger partial charge in [0.15, 0.2) is 0 Å². The van der Waals surface area contributed by atoms with E-state index in [1.807, 2.05) is 0 Å². The lowest BCUT2D eigenvalue weighted by molar-refractivity contribution is -0.141. The Morgan fingerprint density at radius 2 is 1.09 bits per heavy atom. The first kappa shape index (κ1) is 37.1. The molecule has 0 spiro atoms. The van der Waals surface area contributed by atoms with Gasteiger partial charge in [-0.25, -0.2) is 14.4 Å². The molecule has 246 valence electrons. The van der Waals surface area contributed by atoms with Crippen molar-refractivity contribution < 1.29 is 47.6 Å². The number of ether oxygens (including phenoxy) is 6. The molecule has 0 aromatic heterocycles. The molecule has 0 saturated carbocycles. The van der Waals surface area contributed by atoms with Gasteiger partial charge in [-0.05, 0) is 106 Å². The summed E-state index contributed by atoms with van der Waals surface area (Å²) < 4.78 is 31.9. The Hall–Kier alpha value is -5.12. The van der Waals surface area contributed by atoms with Crippen LogP contribution in [0.2, 0.25) is 0 Å². The van der Waals surface area contributed by atoms with Crippen molar-refractivity contribution >= 4 is 23.9 Å². The minimum absolute atomic E-state index is 0.0491. The van der Waals surface area contributed by atoms with Gasteiger partial charge in [0.05, 0.1) is 37.6 Å². The molecule has 0 bridgehead atoms. The van der Waals surface area contributed by atoms with Crippen LogP contribution in [-0.4, -0.2) is 50.3 Å². The van der Waals surface area contributed by atoms with Gasteiger partial charge in [-0.3, -0.25) is 4.79 Å². The van der Waals surface area contributed by atoms with Gasteiger partial charge in [-0.15, -0.1) is 0 Å². The second kappa shape index (κ2) is 20.8. The maximum atomic E-state index is 12.6. The normalized spacial score (nSPS) is 10.7. The highest BCUT2D eigenvalue weighted by atomic mass is 16.5. The summed E-state index contributed by atoms with van der Waals surface area (Å²) in [6.07, 6.45) is 7.38. The Balaban J connectivity index is 1.71. The van der Waals surface area contributed by atoms with Gasteiger partial charge < -0.3 is 28.4 Å². The van der Waals surface area contributed by atoms with Crippen molar-refractivity contribution in [3.05, 3.63) is 109 Å². The molecule has 0 radical (unpaired) electrons. The van der Waals surface area contributed by atoms with E-state index in [0.29, 0.717) is 54.6 Å². The van der Waals surface area contributed by atoms with E-state index in [2.05, 4.69) is 19.7 Å². The molecule has 0 amide bonds. The van der Waals surface area contributed by atoms with Crippen LogP contribution in [0, 0.1) is 0 Å². The minimum Gasteiger partial charge on any atom is -0.494 e. The van der Waals surface area contributed by atoms with Crippen LogP contribution in [0.3, 0.4) is 0 Å². The summed E-state index contributed by atoms with van der Waals surface area (Å²) >= 11 is 0. The molecule has 0 saturated heterocycles. The standard InChI is InChI=1S/C36H42O10/c1-6-34(38)44-24-12-8-11-23-43-33-19-15-31(16-20-33)36(40)46-28(4)26(2)25-27(3)45-35(39)30-13-17-32(18-14-30)42-22-10-7-9-21-41-29(5)37/h6,13-20,25H,1,3-4,7-12,21-24H2,2,5H3/b26-25-. The number of hydrogen-bond donors (Lipinski definition) is 0. The first-order valence-corrected chi connectivity index (χ1v) is 15.0. The average Bonchev–Trinajstić information content (AvgIpc) is 3.03. The Morgan fingerprint density at radius 3 is 1.57 bits per heavy atom. The van der Waals surface area contributed by atoms with Crippen LogP contribution in [0.1, 0.15) is 73.1 Å². The lowest BCUT2D eigenvalue weighted by Gasteiger charge is -2.10. The van der Waals surface area contributed by atoms with E-state index >= 15 is 0 Å². The zero-order chi connectivity index (χ0) is 33.7. The lowest BCUT2D eigenvalue weighted by atomic mass is 10.2. The number of esters is 4. The van der Waals surface area contributed by atoms with E-state index in [4.69, 9.17) is 28.4 Å². The van der Waals surface area contributed by atoms with Crippen molar-refractivity contribution in [1.82, 2.24) is 0 Å². The molecule has 0 unspecified atom stereocenters. The molecule has 10 heteroatoms. The zero-order valence-electron chi connectivity index (χ0n) is 26.5. The fourth-order valence-corrected chi connectivity index (χ4v) is 3.74. The largest absolute Gasteiger partial charge is 0.494 e. The predicted molar refractivity (Wildman–Crippen MR) is 172 cm³/mol. The Kier molecular flexibility index (Phi) is 16.7. The molecule has 0 aliphatic carbocycles. The molecular formula is C36H42O10. The second-order valence-corrected chi connectivity index (χ2v) is 10.1. The van der Waals surface area contributed by atoms with Crippen molar-refractivity contribution in [2.75, 3.05) is 26.4 Å². The third-order valence-corrected chi connectivity index (χ3v) is 6.27. The number of carbonyl (C=O) groups is 4. The van der Waals surface area contributed by atoms with Crippen LogP contribution in [-0.2, 0) is 28.5 Å². The highest BCUT2D eigenvalue weighted by Gasteiger charge is 2.13. The summed E-state index contributed by atoms with van der Waals surface area (Å²) in [4.78, 5) is 46.9. The number of unbranched alkanes of at least 4 members (excludes halogenated alkanes) is 4. The van der Waals surface area contributed by atoms with Gasteiger partial charge in [0.2, 0.25) is 0 Å². The summed E-state index contributed by atoms with van der Waals surface area (Å²) in [5.41, 5.74) is 1.06. The minimum atomic E-state index is -0.606. The highest BCUT2D eigenvalue weighted by molar-refractivity contribution is 5.91. The fraction of sp³-hybridized carbons (Fsp3) is 0.333. The number of allylic oxidation sites excluding steroid dienone is 2. The van der Waals surface area contributed by atoms with Crippen molar-refractivity contribution in [2.24, 2.45) is 0 Å². The van der Waals surface area contributed by atoms with Crippen LogP contribution in [0.5, 0.6) is 11.5 Å². The highest BCUT2D eigenvalue weighted by Crippen LogP contribution is 2.19. The third kappa shape index (κ3) is 15.1. The lowest BCUT2D eigenvalue weighted by Crippen LogP contribution is -2.07. The summed E-state index contributed by atoms with van der Waals surface area (Å²) in [6.45, 7) is 15.7. The van der Waals surface area contributed by atoms with E-state index < -0.39 is 17.9 Å². The SMILES string of the molecule is C=CC(=O)OCCCCCOc1ccc(C(=O)OC(=C)/C(C)=C\C(=C)OC(=O)c2ccc(OCCCCCOC(C)=O)cc2)cc1. The monoisotopic (exact) mass is 634 g/mol. The summed E-state index contributed by atoms with van der Waals surface area (Å²) in [5.74, 6) is -0.579. The van der Waals surface area contributed by atoms with Crippen molar-refractivity contribution in [2.45, 2.75) is 52.4 Å². The van der Waals surface area contributed by atoms with Crippen LogP contribution in [0.4, 0.5) is 0 Å². The van der Waals surface area contributed by atoms with Crippen LogP contribution >= 0.6 is 0 Å². The molecule has 10 nitrogen and oxygen atoms in total. The summed E-state index contributed by atoms with van der Waals surface area (Å²) in [7, 11) is 0. The predicted octanol–water partition coefficient (Wildman–Crippen LogP) is 7.06. The molecular weight excluding hydrogens is 592 g/mol. The van der Waals surface area contributed by atoms with Gasteiger partial charge in [0, 0.05) is 13.0 Å². The molecule has 0 aliphatic heterocycles. The molecule has 2 aromatic carbocycles. The zero-order valence-corrected chi connectivity index (χ0v) is 26.5. The van der Waals surface area contributed by atoms with Crippen LogP contribution in [0.15, 0.2) is 97.5 Å². The van der Waals surface area contributed by atoms with Gasteiger partial charge in [0.1, 0.15) is 23.0 Å². The van der Waals surface area contributed by atoms with Crippen molar-refractivity contribution in [3.8, 4) is 11.5 Å². The molecule has 0 aliphatic rings. The van der Waals surface area contributed by atoms with Crippen LogP contribution < -0.4 is 9.47 Å². The third-order valence-electron chi connectivity index (χ3n) is 6.27. The molecule has 2 rings (SSSR count). The van der Waals surface area contributed by atoms with Crippen molar-refractivity contribution in [1.29, 1.82) is 0 Å². The second-order valence-electron chi connectivity index (χ2n) is 10.1. The van der Waals surface area contributed by atoms with Crippen LogP contribution in [0.25, 0.3) is 0 Å². The molecule has 0 heterocycles. The molecule has 0 fully saturated rings. The van der Waals surface area contributed by atoms with E-state index in [1.165, 1.54) is 13.0 Å². The fourth-order valence-electron chi connectivity index (χ4n) is 3.74. The quantitative estimate of drug-likeness (QED) is 0.0352. The first-order valence-electron chi connectivity index (χ1n) is 15.0. The van der Waals surface area contributed by atoms with E-state index in [9.17, 15) is 19.2 Å². The van der Waals surface area contributed by atoms with Crippen molar-refractivity contribution in [3.63, 3.8) is 0 Å².